The predicted octanol–water partition coefficient (Wildman–Crippen LogP) is 14.7. The molecule has 70 heavy (non-hydrogen) atoms. The molecular formula is C58H96B2N2O6S2. The van der Waals surface area contributed by atoms with Crippen LogP contribution < -0.4 is 9.55 Å². The minimum absolute atomic E-state index is 0.0228. The molecule has 2 aromatic heterocycles. The van der Waals surface area contributed by atoms with Crippen molar-refractivity contribution in [2.24, 2.45) is 11.8 Å². The molecule has 1 N–H and O–H groups in total. The summed E-state index contributed by atoms with van der Waals surface area (Å²) in [6, 6.07) is 8.57. The van der Waals surface area contributed by atoms with Crippen LogP contribution in [-0.2, 0) is 23.4 Å². The SMILES string of the molecule is CCCCCCCCC(CCCCCC)CN1C(=O)C2=C(c3ccc(B4OC(C)(C)C(C)(C)O4)s3)N(CC(CCCCCC)CCCCCCCC)C(O)C2=C1c1ccc(B2OC(C)(C)C(C)(C)O2)s1. The van der Waals surface area contributed by atoms with Gasteiger partial charge in [0.05, 0.1) is 49.1 Å². The summed E-state index contributed by atoms with van der Waals surface area (Å²) < 4.78 is 28.4. The van der Waals surface area contributed by atoms with Crippen LogP contribution in [0.5, 0.6) is 0 Å². The quantitative estimate of drug-likeness (QED) is 0.0578. The minimum Gasteiger partial charge on any atom is -0.399 e. The molecular weight excluding hydrogens is 906 g/mol. The van der Waals surface area contributed by atoms with E-state index in [-0.39, 0.29) is 5.91 Å². The Morgan fingerprint density at radius 2 is 0.857 bits per heavy atom. The van der Waals surface area contributed by atoms with Gasteiger partial charge in [0, 0.05) is 28.2 Å². The normalized spacial score (nSPS) is 21.3. The van der Waals surface area contributed by atoms with E-state index in [0.29, 0.717) is 30.5 Å². The van der Waals surface area contributed by atoms with Crippen LogP contribution in [0.4, 0.5) is 0 Å². The zero-order valence-corrected chi connectivity index (χ0v) is 47.9. The molecule has 2 aromatic rings. The van der Waals surface area contributed by atoms with Crippen LogP contribution in [0.15, 0.2) is 35.4 Å². The van der Waals surface area contributed by atoms with Gasteiger partial charge in [0.15, 0.2) is 6.23 Å². The fourth-order valence-corrected chi connectivity index (χ4v) is 13.0. The summed E-state index contributed by atoms with van der Waals surface area (Å²) in [5.41, 5.74) is 1.28. The molecule has 4 aliphatic rings. The van der Waals surface area contributed by atoms with Crippen molar-refractivity contribution in [1.29, 1.82) is 0 Å². The van der Waals surface area contributed by atoms with Gasteiger partial charge in [-0.1, -0.05) is 168 Å². The first kappa shape index (κ1) is 57.4. The van der Waals surface area contributed by atoms with Crippen LogP contribution in [0.25, 0.3) is 11.4 Å². The predicted molar refractivity (Wildman–Crippen MR) is 299 cm³/mol. The molecule has 0 aromatic carbocycles. The lowest BCUT2D eigenvalue weighted by molar-refractivity contribution is -0.123. The summed E-state index contributed by atoms with van der Waals surface area (Å²) in [7, 11) is -1.02. The molecule has 0 radical (unpaired) electrons. The molecule has 6 heterocycles. The summed E-state index contributed by atoms with van der Waals surface area (Å²) in [4.78, 5) is 22.2. The number of aliphatic hydroxyl groups excluding tert-OH is 1. The molecule has 3 unspecified atom stereocenters. The highest BCUT2D eigenvalue weighted by Crippen LogP contribution is 2.51. The maximum Gasteiger partial charge on any atom is 0.505 e. The molecule has 6 rings (SSSR count). The van der Waals surface area contributed by atoms with Gasteiger partial charge in [0.25, 0.3) is 5.91 Å². The minimum atomic E-state index is -0.969. The Bertz CT molecular complexity index is 1990. The third-order valence-corrected chi connectivity index (χ3v) is 19.0. The fourth-order valence-electron chi connectivity index (χ4n) is 10.9. The van der Waals surface area contributed by atoms with Crippen molar-refractivity contribution in [3.63, 3.8) is 0 Å². The van der Waals surface area contributed by atoms with Gasteiger partial charge in [0.2, 0.25) is 0 Å². The maximum absolute atomic E-state index is 15.9. The van der Waals surface area contributed by atoms with Crippen molar-refractivity contribution in [3.05, 3.63) is 45.2 Å². The van der Waals surface area contributed by atoms with Gasteiger partial charge in [-0.15, -0.1) is 22.7 Å². The average molecular weight is 1000 g/mol. The Labute approximate surface area is 435 Å². The monoisotopic (exact) mass is 1000 g/mol. The first-order chi connectivity index (χ1) is 33.4. The van der Waals surface area contributed by atoms with Crippen molar-refractivity contribution in [2.45, 2.75) is 266 Å². The Morgan fingerprint density at radius 3 is 1.26 bits per heavy atom. The molecule has 3 atom stereocenters. The number of amides is 1. The largest absolute Gasteiger partial charge is 0.505 e. The summed E-state index contributed by atoms with van der Waals surface area (Å²) in [6.07, 6.45) is 28.3. The van der Waals surface area contributed by atoms with E-state index in [1.54, 1.807) is 22.7 Å². The van der Waals surface area contributed by atoms with Crippen LogP contribution >= 0.6 is 22.7 Å². The number of carbonyl (C=O) groups is 1. The number of thiophene rings is 2. The second-order valence-electron chi connectivity index (χ2n) is 23.6. The lowest BCUT2D eigenvalue weighted by Gasteiger charge is -2.33. The lowest BCUT2D eigenvalue weighted by Crippen LogP contribution is -2.41. The molecule has 0 bridgehead atoms. The van der Waals surface area contributed by atoms with E-state index in [1.807, 2.05) is 0 Å². The van der Waals surface area contributed by atoms with E-state index in [9.17, 15) is 5.11 Å². The van der Waals surface area contributed by atoms with Gasteiger partial charge in [-0.2, -0.15) is 0 Å². The third kappa shape index (κ3) is 13.9. The molecule has 12 heteroatoms. The number of unbranched alkanes of at least 4 members (excludes halogenated alkanes) is 16. The highest BCUT2D eigenvalue weighted by atomic mass is 32.1. The second-order valence-corrected chi connectivity index (χ2v) is 25.8. The van der Waals surface area contributed by atoms with Crippen LogP contribution in [0, 0.1) is 11.8 Å². The van der Waals surface area contributed by atoms with E-state index < -0.39 is 42.9 Å². The molecule has 392 valence electrons. The first-order valence-corrected chi connectivity index (χ1v) is 30.2. The number of hydrogen-bond acceptors (Lipinski definition) is 9. The first-order valence-electron chi connectivity index (χ1n) is 28.6. The fraction of sp³-hybridized carbons (Fsp3) is 0.776. The van der Waals surface area contributed by atoms with E-state index >= 15 is 4.79 Å². The lowest BCUT2D eigenvalue weighted by atomic mass is 9.88. The molecule has 1 amide bonds. The molecule has 0 saturated carbocycles. The zero-order chi connectivity index (χ0) is 50.7. The number of hydrogen-bond donors (Lipinski definition) is 1. The standard InChI is InChI=1S/C58H96B2N2O6S2/c1-13-17-21-25-27-31-35-43(33-29-23-19-15-3)41-61-51(45-37-39-47(69-45)59-65-55(5,6)56(7,8)66-59)49-50(53(61)63)52(46-38-40-48(70-46)60-67-57(9,10)58(11,12)68-60)62(54(49)64)42-44(34-30-24-20-16-4)36-32-28-26-22-18-14-2/h37-40,43-44,53,63H,13-36,41-42H2,1-12H3. The van der Waals surface area contributed by atoms with Crippen LogP contribution in [0.2, 0.25) is 0 Å². The molecule has 8 nitrogen and oxygen atoms in total. The number of aliphatic hydroxyl groups is 1. The molecule has 0 aliphatic carbocycles. The average Bonchev–Trinajstić information content (AvgIpc) is 4.15. The van der Waals surface area contributed by atoms with Crippen molar-refractivity contribution in [3.8, 4) is 0 Å². The van der Waals surface area contributed by atoms with E-state index in [4.69, 9.17) is 18.6 Å². The number of fused-ring (bicyclic) bond motifs is 1. The van der Waals surface area contributed by atoms with Gasteiger partial charge in [-0.05, 0) is 105 Å². The van der Waals surface area contributed by atoms with Crippen molar-refractivity contribution in [1.82, 2.24) is 9.80 Å². The molecule has 2 saturated heterocycles. The number of nitrogens with zero attached hydrogens (tertiary/aromatic N) is 2. The number of carbonyl (C=O) groups excluding carboxylic acids is 1. The summed E-state index contributed by atoms with van der Waals surface area (Å²) in [5.74, 6) is 0.781. The highest BCUT2D eigenvalue weighted by molar-refractivity contribution is 7.23. The molecule has 0 spiro atoms. The highest BCUT2D eigenvalue weighted by Gasteiger charge is 2.55. The van der Waals surface area contributed by atoms with Gasteiger partial charge < -0.3 is 33.5 Å². The number of rotatable bonds is 32. The summed E-state index contributed by atoms with van der Waals surface area (Å²) in [6.45, 7) is 27.3. The van der Waals surface area contributed by atoms with E-state index in [2.05, 4.69) is 117 Å². The van der Waals surface area contributed by atoms with Gasteiger partial charge in [-0.25, -0.2) is 0 Å². The van der Waals surface area contributed by atoms with Gasteiger partial charge in [0.1, 0.15) is 0 Å². The smallest absolute Gasteiger partial charge is 0.399 e. The maximum atomic E-state index is 15.9. The molecule has 4 aliphatic heterocycles. The van der Waals surface area contributed by atoms with E-state index in [0.717, 1.165) is 62.0 Å². The van der Waals surface area contributed by atoms with Gasteiger partial charge in [-0.3, -0.25) is 4.79 Å². The summed E-state index contributed by atoms with van der Waals surface area (Å²) >= 11 is 3.30. The Hall–Kier alpha value is -1.92. The van der Waals surface area contributed by atoms with Crippen LogP contribution in [-0.4, -0.2) is 76.8 Å². The molecule has 2 fully saturated rings. The third-order valence-electron chi connectivity index (χ3n) is 16.8. The zero-order valence-electron chi connectivity index (χ0n) is 46.3. The van der Waals surface area contributed by atoms with E-state index in [1.165, 1.54) is 128 Å². The van der Waals surface area contributed by atoms with Crippen molar-refractivity contribution < 1.29 is 28.5 Å². The van der Waals surface area contributed by atoms with Crippen LogP contribution in [0.3, 0.4) is 0 Å². The Morgan fingerprint density at radius 1 is 0.514 bits per heavy atom. The Balaban J connectivity index is 1.45. The Kier molecular flexibility index (Phi) is 21.3. The van der Waals surface area contributed by atoms with Crippen LogP contribution in [0.1, 0.15) is 247 Å². The van der Waals surface area contributed by atoms with Crippen molar-refractivity contribution >= 4 is 63.8 Å². The summed E-state index contributed by atoms with van der Waals surface area (Å²) in [5, 5.41) is 13.2. The van der Waals surface area contributed by atoms with Crippen molar-refractivity contribution in [2.75, 3.05) is 13.1 Å². The van der Waals surface area contributed by atoms with Gasteiger partial charge >= 0.3 is 14.2 Å². The second kappa shape index (κ2) is 26.0. The topological polar surface area (TPSA) is 80.7 Å².